The Balaban J connectivity index is 2.39. The highest BCUT2D eigenvalue weighted by Crippen LogP contribution is 2.30. The Kier molecular flexibility index (Phi) is 3.43. The Morgan fingerprint density at radius 2 is 2.11 bits per heavy atom. The first-order chi connectivity index (χ1) is 8.59. The summed E-state index contributed by atoms with van der Waals surface area (Å²) in [5, 5.41) is 8.90. The van der Waals surface area contributed by atoms with Crippen molar-refractivity contribution in [1.82, 2.24) is 9.97 Å². The lowest BCUT2D eigenvalue weighted by Gasteiger charge is -2.09. The van der Waals surface area contributed by atoms with Gasteiger partial charge >= 0.3 is 5.97 Å². The second-order valence-corrected chi connectivity index (χ2v) is 3.85. The molecule has 0 bridgehead atoms. The maximum absolute atomic E-state index is 10.9. The average Bonchev–Trinajstić information content (AvgIpc) is 2.34. The van der Waals surface area contributed by atoms with Gasteiger partial charge < -0.3 is 9.84 Å². The van der Waals surface area contributed by atoms with Crippen LogP contribution in [0.3, 0.4) is 0 Å². The number of hydrogen-bond donors (Lipinski definition) is 1. The second-order valence-electron chi connectivity index (χ2n) is 3.47. The molecule has 5 nitrogen and oxygen atoms in total. The smallest absolute Gasteiger partial charge is 0.337 e. The summed E-state index contributed by atoms with van der Waals surface area (Å²) in [5.74, 6) is -0.600. The Labute approximate surface area is 108 Å². The van der Waals surface area contributed by atoms with Crippen molar-refractivity contribution in [2.45, 2.75) is 6.92 Å². The summed E-state index contributed by atoms with van der Waals surface area (Å²) in [4.78, 5) is 18.9. The summed E-state index contributed by atoms with van der Waals surface area (Å²) < 4.78 is 5.46. The van der Waals surface area contributed by atoms with Crippen molar-refractivity contribution in [2.24, 2.45) is 0 Å². The summed E-state index contributed by atoms with van der Waals surface area (Å²) in [6.07, 6.45) is 2.96. The van der Waals surface area contributed by atoms with Crippen molar-refractivity contribution < 1.29 is 14.6 Å². The molecule has 2 aromatic rings. The van der Waals surface area contributed by atoms with Crippen LogP contribution in [0, 0.1) is 6.92 Å². The van der Waals surface area contributed by atoms with Gasteiger partial charge in [-0.3, -0.25) is 4.98 Å². The number of ether oxygens (including phenoxy) is 1. The van der Waals surface area contributed by atoms with E-state index in [1.807, 2.05) is 0 Å². The minimum absolute atomic E-state index is 0.0340. The molecule has 2 heterocycles. The molecule has 0 saturated carbocycles. The van der Waals surface area contributed by atoms with Crippen LogP contribution in [-0.2, 0) is 0 Å². The number of halogens is 1. The molecule has 6 heteroatoms. The number of carbonyl (C=O) groups is 1. The van der Waals surface area contributed by atoms with Crippen LogP contribution in [-0.4, -0.2) is 21.0 Å². The van der Waals surface area contributed by atoms with E-state index in [1.165, 1.54) is 12.3 Å². The minimum atomic E-state index is -1.13. The lowest BCUT2D eigenvalue weighted by molar-refractivity contribution is 0.0696. The van der Waals surface area contributed by atoms with Gasteiger partial charge in [0.1, 0.15) is 5.02 Å². The highest BCUT2D eigenvalue weighted by Gasteiger charge is 2.15. The number of nitrogens with zero attached hydrogens (tertiary/aromatic N) is 2. The summed E-state index contributed by atoms with van der Waals surface area (Å²) in [6.45, 7) is 1.77. The molecule has 0 aliphatic rings. The van der Waals surface area contributed by atoms with E-state index in [4.69, 9.17) is 21.4 Å². The number of rotatable bonds is 3. The monoisotopic (exact) mass is 264 g/mol. The fourth-order valence-corrected chi connectivity index (χ4v) is 1.57. The number of aryl methyl sites for hydroxylation is 1. The van der Waals surface area contributed by atoms with Gasteiger partial charge in [0.25, 0.3) is 0 Å². The van der Waals surface area contributed by atoms with Crippen LogP contribution in [0.4, 0.5) is 0 Å². The zero-order valence-corrected chi connectivity index (χ0v) is 10.2. The fraction of sp³-hybridized carbons (Fsp3) is 0.0833. The molecule has 18 heavy (non-hydrogen) atoms. The maximum Gasteiger partial charge on any atom is 0.337 e. The van der Waals surface area contributed by atoms with E-state index in [0.717, 1.165) is 0 Å². The third-order valence-electron chi connectivity index (χ3n) is 2.25. The van der Waals surface area contributed by atoms with Crippen LogP contribution < -0.4 is 4.74 Å². The van der Waals surface area contributed by atoms with E-state index < -0.39 is 5.97 Å². The van der Waals surface area contributed by atoms with Crippen molar-refractivity contribution in [3.8, 4) is 11.6 Å². The molecule has 0 unspecified atom stereocenters. The lowest BCUT2D eigenvalue weighted by Crippen LogP contribution is -2.00. The van der Waals surface area contributed by atoms with Gasteiger partial charge in [0.2, 0.25) is 5.88 Å². The summed E-state index contributed by atoms with van der Waals surface area (Å²) in [6, 6.07) is 4.72. The van der Waals surface area contributed by atoms with Gasteiger partial charge in [0.15, 0.2) is 5.75 Å². The molecule has 0 atom stereocenters. The van der Waals surface area contributed by atoms with Gasteiger partial charge in [0, 0.05) is 12.4 Å². The molecule has 0 spiro atoms. The molecule has 2 aromatic heterocycles. The Morgan fingerprint density at radius 3 is 2.78 bits per heavy atom. The van der Waals surface area contributed by atoms with Gasteiger partial charge in [0.05, 0.1) is 11.3 Å². The van der Waals surface area contributed by atoms with E-state index in [2.05, 4.69) is 9.97 Å². The van der Waals surface area contributed by atoms with Crippen molar-refractivity contribution in [3.05, 3.63) is 46.9 Å². The predicted molar refractivity (Wildman–Crippen MR) is 65.3 cm³/mol. The number of hydrogen-bond acceptors (Lipinski definition) is 4. The molecule has 0 amide bonds. The molecule has 1 N–H and O–H groups in total. The first-order valence-corrected chi connectivity index (χ1v) is 5.44. The number of aromatic nitrogens is 2. The van der Waals surface area contributed by atoms with Crippen LogP contribution >= 0.6 is 11.6 Å². The largest absolute Gasteiger partial charge is 0.478 e. The van der Waals surface area contributed by atoms with E-state index in [0.29, 0.717) is 11.4 Å². The third-order valence-corrected chi connectivity index (χ3v) is 2.62. The van der Waals surface area contributed by atoms with Gasteiger partial charge in [-0.15, -0.1) is 0 Å². The maximum atomic E-state index is 10.9. The van der Waals surface area contributed by atoms with Crippen LogP contribution in [0.15, 0.2) is 30.6 Å². The zero-order valence-electron chi connectivity index (χ0n) is 9.42. The lowest BCUT2D eigenvalue weighted by atomic mass is 10.2. The zero-order chi connectivity index (χ0) is 13.1. The first kappa shape index (κ1) is 12.3. The standard InChI is InChI=1S/C12H9ClN2O3/c1-7-9(3-2-5-14-7)18-11-10(13)8(12(16)17)4-6-15-11/h2-6H,1H3,(H,16,17). The minimum Gasteiger partial charge on any atom is -0.478 e. The Hall–Kier alpha value is -2.14. The molecule has 0 radical (unpaired) electrons. The highest BCUT2D eigenvalue weighted by atomic mass is 35.5. The van der Waals surface area contributed by atoms with Gasteiger partial charge in [-0.25, -0.2) is 9.78 Å². The highest BCUT2D eigenvalue weighted by molar-refractivity contribution is 6.34. The first-order valence-electron chi connectivity index (χ1n) is 5.07. The SMILES string of the molecule is Cc1ncccc1Oc1nccc(C(=O)O)c1Cl. The molecule has 0 saturated heterocycles. The number of aromatic carboxylic acids is 1. The van der Waals surface area contributed by atoms with Gasteiger partial charge in [-0.2, -0.15) is 0 Å². The van der Waals surface area contributed by atoms with Crippen LogP contribution in [0.1, 0.15) is 16.1 Å². The van der Waals surface area contributed by atoms with Crippen LogP contribution in [0.25, 0.3) is 0 Å². The number of pyridine rings is 2. The Bertz CT molecular complexity index is 602. The van der Waals surface area contributed by atoms with E-state index >= 15 is 0 Å². The van der Waals surface area contributed by atoms with Gasteiger partial charge in [-0.05, 0) is 25.1 Å². The molecule has 0 aliphatic carbocycles. The summed E-state index contributed by atoms with van der Waals surface area (Å²) >= 11 is 5.92. The molecule has 0 aromatic carbocycles. The Morgan fingerprint density at radius 1 is 1.33 bits per heavy atom. The molecule has 0 fully saturated rings. The summed E-state index contributed by atoms with van der Waals surface area (Å²) in [7, 11) is 0. The molecule has 2 rings (SSSR count). The van der Waals surface area contributed by atoms with E-state index in [9.17, 15) is 4.79 Å². The topological polar surface area (TPSA) is 72.3 Å². The third kappa shape index (κ3) is 2.41. The predicted octanol–water partition coefficient (Wildman–Crippen LogP) is 2.93. The molecule has 92 valence electrons. The molecular formula is C12H9ClN2O3. The van der Waals surface area contributed by atoms with Crippen molar-refractivity contribution in [3.63, 3.8) is 0 Å². The van der Waals surface area contributed by atoms with E-state index in [1.54, 1.807) is 25.3 Å². The van der Waals surface area contributed by atoms with Crippen LogP contribution in [0.2, 0.25) is 5.02 Å². The van der Waals surface area contributed by atoms with Crippen molar-refractivity contribution in [2.75, 3.05) is 0 Å². The van der Waals surface area contributed by atoms with Crippen LogP contribution in [0.5, 0.6) is 11.6 Å². The quantitative estimate of drug-likeness (QED) is 0.923. The molecule has 0 aliphatic heterocycles. The van der Waals surface area contributed by atoms with Crippen molar-refractivity contribution in [1.29, 1.82) is 0 Å². The molecular weight excluding hydrogens is 256 g/mol. The number of carboxylic acids is 1. The summed E-state index contributed by atoms with van der Waals surface area (Å²) in [5.41, 5.74) is 0.610. The van der Waals surface area contributed by atoms with Crippen molar-refractivity contribution >= 4 is 17.6 Å². The van der Waals surface area contributed by atoms with Gasteiger partial charge in [-0.1, -0.05) is 11.6 Å². The average molecular weight is 265 g/mol. The van der Waals surface area contributed by atoms with E-state index in [-0.39, 0.29) is 16.5 Å². The normalized spacial score (nSPS) is 10.1. The second kappa shape index (κ2) is 5.01. The number of carboxylic acid groups (broad SMARTS) is 1. The fourth-order valence-electron chi connectivity index (χ4n) is 1.34.